The van der Waals surface area contributed by atoms with E-state index in [4.69, 9.17) is 14.2 Å². The van der Waals surface area contributed by atoms with Crippen LogP contribution in [0.2, 0.25) is 0 Å². The summed E-state index contributed by atoms with van der Waals surface area (Å²) in [6.07, 6.45) is 1.12. The zero-order valence-electron chi connectivity index (χ0n) is 15.4. The third-order valence-corrected chi connectivity index (χ3v) is 6.63. The zero-order valence-corrected chi connectivity index (χ0v) is 16.2. The van der Waals surface area contributed by atoms with Gasteiger partial charge in [-0.15, -0.1) is 4.40 Å². The van der Waals surface area contributed by atoms with Crippen molar-refractivity contribution in [3.63, 3.8) is 0 Å². The fraction of sp³-hybridized carbons (Fsp3) is 0.300. The minimum absolute atomic E-state index is 0.161. The molecule has 3 aliphatic heterocycles. The van der Waals surface area contributed by atoms with E-state index in [0.717, 1.165) is 0 Å². The highest BCUT2D eigenvalue weighted by Gasteiger charge is 2.35. The van der Waals surface area contributed by atoms with Gasteiger partial charge in [-0.3, -0.25) is 4.79 Å². The smallest absolute Gasteiger partial charge is 0.314 e. The molecule has 150 valence electrons. The van der Waals surface area contributed by atoms with Crippen LogP contribution in [0, 0.1) is 5.92 Å². The molecular weight excluding hydrogens is 396 g/mol. The summed E-state index contributed by atoms with van der Waals surface area (Å²) in [6.45, 7) is 1.22. The van der Waals surface area contributed by atoms with E-state index >= 15 is 0 Å². The fourth-order valence-corrected chi connectivity index (χ4v) is 5.01. The summed E-state index contributed by atoms with van der Waals surface area (Å²) in [5.41, 5.74) is 0.619. The summed E-state index contributed by atoms with van der Waals surface area (Å²) in [6, 6.07) is 11.8. The second-order valence-electron chi connectivity index (χ2n) is 7.08. The monoisotopic (exact) mass is 414 g/mol. The molecule has 9 heteroatoms. The Hall–Kier alpha value is -3.07. The quantitative estimate of drug-likeness (QED) is 0.549. The molecule has 0 atom stereocenters. The number of hydrogen-bond acceptors (Lipinski definition) is 7. The molecule has 2 aromatic rings. The number of hydrogen-bond donors (Lipinski definition) is 0. The topological polar surface area (TPSA) is 94.5 Å². The number of sulfonamides is 1. The lowest BCUT2D eigenvalue weighted by Gasteiger charge is -2.32. The van der Waals surface area contributed by atoms with Gasteiger partial charge in [-0.05, 0) is 37.1 Å². The Morgan fingerprint density at radius 2 is 1.83 bits per heavy atom. The molecule has 3 heterocycles. The minimum atomic E-state index is -3.65. The lowest BCUT2D eigenvalue weighted by atomic mass is 9.96. The van der Waals surface area contributed by atoms with Crippen LogP contribution < -0.4 is 14.2 Å². The number of ether oxygens (including phenoxy) is 3. The first-order valence-electron chi connectivity index (χ1n) is 9.32. The van der Waals surface area contributed by atoms with Crippen molar-refractivity contribution in [3.8, 4) is 17.2 Å². The van der Waals surface area contributed by atoms with E-state index in [1.807, 2.05) is 4.90 Å². The van der Waals surface area contributed by atoms with Crippen LogP contribution in [0.15, 0.2) is 51.8 Å². The number of rotatable bonds is 2. The highest BCUT2D eigenvalue weighted by Crippen LogP contribution is 2.36. The molecule has 0 aromatic heterocycles. The maximum absolute atomic E-state index is 12.6. The first-order chi connectivity index (χ1) is 14.0. The first-order valence-corrected chi connectivity index (χ1v) is 10.8. The van der Waals surface area contributed by atoms with Crippen LogP contribution in [0.4, 0.5) is 0 Å². The molecule has 0 aliphatic carbocycles. The van der Waals surface area contributed by atoms with Crippen LogP contribution in [-0.2, 0) is 14.8 Å². The maximum atomic E-state index is 12.6. The summed E-state index contributed by atoms with van der Waals surface area (Å²) in [4.78, 5) is 14.7. The summed E-state index contributed by atoms with van der Waals surface area (Å²) in [5.74, 6) is 1.51. The van der Waals surface area contributed by atoms with E-state index < -0.39 is 10.0 Å². The van der Waals surface area contributed by atoms with E-state index in [-0.39, 0.29) is 23.6 Å². The Bertz CT molecular complexity index is 1120. The molecule has 0 radical (unpaired) electrons. The predicted octanol–water partition coefficient (Wildman–Crippen LogP) is 2.18. The zero-order chi connectivity index (χ0) is 20.0. The standard InChI is InChI=1S/C20H18N2O6S/c23-20(28-14-5-6-16-17(11-14)27-12-26-16)13-7-9-22(10-8-13)19-15-3-1-2-4-18(15)29(24,25)21-19/h1-6,11,13H,7-10,12H2. The normalized spacial score (nSPS) is 19.6. The lowest BCUT2D eigenvalue weighted by molar-refractivity contribution is -0.140. The Balaban J connectivity index is 1.25. The second kappa shape index (κ2) is 6.77. The minimum Gasteiger partial charge on any atom is -0.454 e. The number of carbonyl (C=O) groups excluding carboxylic acids is 1. The molecule has 5 rings (SSSR count). The van der Waals surface area contributed by atoms with Gasteiger partial charge in [0.15, 0.2) is 17.3 Å². The van der Waals surface area contributed by atoms with Crippen molar-refractivity contribution in [2.24, 2.45) is 10.3 Å². The Morgan fingerprint density at radius 1 is 1.07 bits per heavy atom. The Kier molecular flexibility index (Phi) is 4.20. The Morgan fingerprint density at radius 3 is 2.66 bits per heavy atom. The lowest BCUT2D eigenvalue weighted by Crippen LogP contribution is -2.41. The molecule has 1 saturated heterocycles. The van der Waals surface area contributed by atoms with Gasteiger partial charge in [-0.25, -0.2) is 0 Å². The number of carbonyl (C=O) groups is 1. The van der Waals surface area contributed by atoms with E-state index in [1.54, 1.807) is 42.5 Å². The van der Waals surface area contributed by atoms with E-state index in [9.17, 15) is 13.2 Å². The van der Waals surface area contributed by atoms with Gasteiger partial charge in [0.05, 0.1) is 5.92 Å². The fourth-order valence-electron chi connectivity index (χ4n) is 3.78. The van der Waals surface area contributed by atoms with Gasteiger partial charge >= 0.3 is 5.97 Å². The highest BCUT2D eigenvalue weighted by molar-refractivity contribution is 7.90. The molecule has 0 unspecified atom stereocenters. The van der Waals surface area contributed by atoms with E-state index in [2.05, 4.69) is 4.40 Å². The number of benzene rings is 2. The second-order valence-corrected chi connectivity index (χ2v) is 8.66. The van der Waals surface area contributed by atoms with E-state index in [0.29, 0.717) is 54.6 Å². The highest BCUT2D eigenvalue weighted by atomic mass is 32.2. The third kappa shape index (κ3) is 3.21. The van der Waals surface area contributed by atoms with Crippen LogP contribution in [0.1, 0.15) is 18.4 Å². The van der Waals surface area contributed by atoms with Gasteiger partial charge in [0.25, 0.3) is 10.0 Å². The van der Waals surface area contributed by atoms with Gasteiger partial charge in [0.2, 0.25) is 6.79 Å². The van der Waals surface area contributed by atoms with Crippen LogP contribution in [-0.4, -0.2) is 45.0 Å². The molecule has 0 spiro atoms. The first kappa shape index (κ1) is 18.0. The Labute approximate surface area is 167 Å². The predicted molar refractivity (Wildman–Crippen MR) is 103 cm³/mol. The number of esters is 1. The summed E-state index contributed by atoms with van der Waals surface area (Å²) < 4.78 is 44.5. The maximum Gasteiger partial charge on any atom is 0.314 e. The largest absolute Gasteiger partial charge is 0.454 e. The van der Waals surface area contributed by atoms with Gasteiger partial charge in [-0.1, -0.05) is 12.1 Å². The molecule has 0 bridgehead atoms. The van der Waals surface area contributed by atoms with Crippen LogP contribution in [0.3, 0.4) is 0 Å². The van der Waals surface area contributed by atoms with Gasteiger partial charge in [0.1, 0.15) is 10.6 Å². The number of nitrogens with zero attached hydrogens (tertiary/aromatic N) is 2. The number of piperidine rings is 1. The molecular formula is C20H18N2O6S. The third-order valence-electron chi connectivity index (χ3n) is 5.30. The molecule has 0 N–H and O–H groups in total. The van der Waals surface area contributed by atoms with E-state index in [1.165, 1.54) is 0 Å². The molecule has 0 saturated carbocycles. The van der Waals surface area contributed by atoms with Crippen LogP contribution in [0.25, 0.3) is 0 Å². The van der Waals surface area contributed by atoms with Crippen molar-refractivity contribution in [2.75, 3.05) is 19.9 Å². The molecule has 0 amide bonds. The van der Waals surface area contributed by atoms with Gasteiger partial charge in [0, 0.05) is 24.7 Å². The SMILES string of the molecule is O=C(Oc1ccc2c(c1)OCO2)C1CCN(C2=NS(=O)(=O)c3ccccc32)CC1. The van der Waals surface area contributed by atoms with Crippen molar-refractivity contribution in [1.29, 1.82) is 0 Å². The summed E-state index contributed by atoms with van der Waals surface area (Å²) in [7, 11) is -3.65. The average Bonchev–Trinajstić information content (AvgIpc) is 3.30. The molecule has 1 fully saturated rings. The van der Waals surface area contributed by atoms with Crippen molar-refractivity contribution in [1.82, 2.24) is 4.90 Å². The van der Waals surface area contributed by atoms with Gasteiger partial charge < -0.3 is 19.1 Å². The summed E-state index contributed by atoms with van der Waals surface area (Å²) in [5, 5.41) is 0. The molecule has 3 aliphatic rings. The molecule has 29 heavy (non-hydrogen) atoms. The number of fused-ring (bicyclic) bond motifs is 2. The van der Waals surface area contributed by atoms with Crippen LogP contribution in [0.5, 0.6) is 17.2 Å². The van der Waals surface area contributed by atoms with Crippen molar-refractivity contribution < 1.29 is 27.4 Å². The molecule has 2 aromatic carbocycles. The van der Waals surface area contributed by atoms with Gasteiger partial charge in [-0.2, -0.15) is 8.42 Å². The van der Waals surface area contributed by atoms with Crippen molar-refractivity contribution in [2.45, 2.75) is 17.7 Å². The van der Waals surface area contributed by atoms with Crippen molar-refractivity contribution in [3.05, 3.63) is 48.0 Å². The van der Waals surface area contributed by atoms with Crippen LogP contribution >= 0.6 is 0 Å². The number of likely N-dealkylation sites (tertiary alicyclic amines) is 1. The van der Waals surface area contributed by atoms with Crippen molar-refractivity contribution >= 4 is 21.8 Å². The molecule has 8 nitrogen and oxygen atoms in total. The summed E-state index contributed by atoms with van der Waals surface area (Å²) >= 11 is 0. The average molecular weight is 414 g/mol. The number of amidine groups is 1.